The molecule has 9 heteroatoms. The molecule has 1 aromatic heterocycles. The number of carbonyl (C=O) groups excluding carboxylic acids is 1. The van der Waals surface area contributed by atoms with Crippen LogP contribution in [0.4, 0.5) is 14.5 Å². The summed E-state index contributed by atoms with van der Waals surface area (Å²) >= 11 is 0.960. The Morgan fingerprint density at radius 2 is 1.89 bits per heavy atom. The average Bonchev–Trinajstić information content (AvgIpc) is 2.64. The summed E-state index contributed by atoms with van der Waals surface area (Å²) < 4.78 is 26.5. The molecule has 0 bridgehead atoms. The van der Waals surface area contributed by atoms with Gasteiger partial charge in [0.25, 0.3) is 5.56 Å². The highest BCUT2D eigenvalue weighted by molar-refractivity contribution is 8.00. The van der Waals surface area contributed by atoms with Crippen molar-refractivity contribution in [2.75, 3.05) is 5.32 Å². The van der Waals surface area contributed by atoms with Crippen molar-refractivity contribution < 1.29 is 13.6 Å². The number of anilines is 1. The van der Waals surface area contributed by atoms with Crippen molar-refractivity contribution in [1.29, 1.82) is 0 Å². The van der Waals surface area contributed by atoms with Crippen molar-refractivity contribution in [3.05, 3.63) is 70.5 Å². The van der Waals surface area contributed by atoms with Crippen LogP contribution >= 0.6 is 11.8 Å². The number of hydrogen-bond donors (Lipinski definition) is 2. The van der Waals surface area contributed by atoms with Crippen LogP contribution in [0.5, 0.6) is 0 Å². The van der Waals surface area contributed by atoms with Gasteiger partial charge in [-0.05, 0) is 19.1 Å². The Bertz CT molecular complexity index is 1030. The van der Waals surface area contributed by atoms with E-state index in [9.17, 15) is 18.4 Å². The van der Waals surface area contributed by atoms with Gasteiger partial charge in [-0.1, -0.05) is 42.1 Å². The van der Waals surface area contributed by atoms with Crippen LogP contribution in [0.2, 0.25) is 0 Å². The Kier molecular flexibility index (Phi) is 5.60. The fraction of sp³-hybridized carbons (Fsp3) is 0.111. The first-order valence-corrected chi connectivity index (χ1v) is 8.77. The van der Waals surface area contributed by atoms with Crippen molar-refractivity contribution in [3.63, 3.8) is 0 Å². The molecule has 3 rings (SSSR count). The van der Waals surface area contributed by atoms with E-state index in [-0.39, 0.29) is 16.5 Å². The lowest BCUT2D eigenvalue weighted by Crippen LogP contribution is -2.24. The molecule has 0 aliphatic carbocycles. The number of benzene rings is 2. The molecule has 6 nitrogen and oxygen atoms in total. The van der Waals surface area contributed by atoms with Gasteiger partial charge in [0.15, 0.2) is 10.9 Å². The minimum Gasteiger partial charge on any atom is -0.323 e. The predicted molar refractivity (Wildman–Crippen MR) is 98.4 cm³/mol. The van der Waals surface area contributed by atoms with Crippen molar-refractivity contribution in [2.45, 2.75) is 17.3 Å². The molecule has 1 amide bonds. The quantitative estimate of drug-likeness (QED) is 0.655. The van der Waals surface area contributed by atoms with Gasteiger partial charge in [-0.3, -0.25) is 14.6 Å². The number of H-pyrrole nitrogens is 1. The van der Waals surface area contributed by atoms with Gasteiger partial charge in [0.1, 0.15) is 11.6 Å². The Labute approximate surface area is 157 Å². The van der Waals surface area contributed by atoms with E-state index in [2.05, 4.69) is 20.5 Å². The average molecular weight is 388 g/mol. The Hall–Kier alpha value is -3.07. The number of hydrogen-bond acceptors (Lipinski definition) is 5. The number of carbonyl (C=O) groups is 1. The van der Waals surface area contributed by atoms with Gasteiger partial charge in [0.05, 0.1) is 10.9 Å². The summed E-state index contributed by atoms with van der Waals surface area (Å²) in [6, 6.07) is 11.7. The van der Waals surface area contributed by atoms with Gasteiger partial charge in [0, 0.05) is 11.6 Å². The van der Waals surface area contributed by atoms with E-state index in [0.717, 1.165) is 23.9 Å². The van der Waals surface area contributed by atoms with Gasteiger partial charge in [-0.15, -0.1) is 10.2 Å². The molecule has 1 atom stereocenters. The molecule has 2 N–H and O–H groups in total. The third-order valence-electron chi connectivity index (χ3n) is 3.57. The van der Waals surface area contributed by atoms with Crippen LogP contribution in [0, 0.1) is 11.6 Å². The first kappa shape index (κ1) is 18.7. The van der Waals surface area contributed by atoms with E-state index in [0.29, 0.717) is 11.6 Å². The maximum absolute atomic E-state index is 13.6. The van der Waals surface area contributed by atoms with Crippen LogP contribution in [0.1, 0.15) is 6.92 Å². The fourth-order valence-electron chi connectivity index (χ4n) is 2.21. The second kappa shape index (κ2) is 8.09. The molecule has 2 aromatic carbocycles. The summed E-state index contributed by atoms with van der Waals surface area (Å²) in [6.07, 6.45) is 0. The minimum atomic E-state index is -0.874. The summed E-state index contributed by atoms with van der Waals surface area (Å²) in [5.41, 5.74) is 0.231. The lowest BCUT2D eigenvalue weighted by Gasteiger charge is -2.11. The van der Waals surface area contributed by atoms with Crippen LogP contribution in [0.25, 0.3) is 11.3 Å². The minimum absolute atomic E-state index is 0.132. The summed E-state index contributed by atoms with van der Waals surface area (Å²) in [6.45, 7) is 1.56. The Morgan fingerprint density at radius 1 is 1.15 bits per heavy atom. The molecule has 0 spiro atoms. The van der Waals surface area contributed by atoms with Gasteiger partial charge in [-0.2, -0.15) is 0 Å². The maximum atomic E-state index is 13.6. The van der Waals surface area contributed by atoms with Gasteiger partial charge in [-0.25, -0.2) is 8.78 Å². The van der Waals surface area contributed by atoms with Crippen LogP contribution < -0.4 is 10.9 Å². The highest BCUT2D eigenvalue weighted by Gasteiger charge is 2.18. The first-order chi connectivity index (χ1) is 12.9. The lowest BCUT2D eigenvalue weighted by atomic mass is 10.2. The second-order valence-corrected chi connectivity index (χ2v) is 6.88. The zero-order valence-corrected chi connectivity index (χ0v) is 14.9. The standard InChI is InChI=1S/C18H14F2N4O2S/c1-10(16(25)21-14-8-7-12(19)9-13(14)20)27-18-22-17(26)15(23-24-18)11-5-3-2-4-6-11/h2-10H,1H3,(H,21,25)(H,22,24,26). The van der Waals surface area contributed by atoms with E-state index >= 15 is 0 Å². The number of aromatic amines is 1. The summed E-state index contributed by atoms with van der Waals surface area (Å²) in [5.74, 6) is -2.14. The van der Waals surface area contributed by atoms with Crippen LogP contribution in [-0.4, -0.2) is 26.3 Å². The molecule has 138 valence electrons. The highest BCUT2D eigenvalue weighted by Crippen LogP contribution is 2.21. The molecule has 0 saturated carbocycles. The zero-order valence-electron chi connectivity index (χ0n) is 14.1. The highest BCUT2D eigenvalue weighted by atomic mass is 32.2. The van der Waals surface area contributed by atoms with Gasteiger partial charge < -0.3 is 5.32 Å². The van der Waals surface area contributed by atoms with E-state index in [1.54, 1.807) is 31.2 Å². The molecule has 0 fully saturated rings. The molecular formula is C18H14F2N4O2S. The number of nitrogens with zero attached hydrogens (tertiary/aromatic N) is 2. The second-order valence-electron chi connectivity index (χ2n) is 5.55. The zero-order chi connectivity index (χ0) is 19.4. The van der Waals surface area contributed by atoms with Gasteiger partial charge >= 0.3 is 0 Å². The first-order valence-electron chi connectivity index (χ1n) is 7.89. The molecule has 1 unspecified atom stereocenters. The Balaban J connectivity index is 1.70. The van der Waals surface area contributed by atoms with Gasteiger partial charge in [0.2, 0.25) is 5.91 Å². The van der Waals surface area contributed by atoms with E-state index < -0.39 is 28.4 Å². The van der Waals surface area contributed by atoms with Crippen molar-refractivity contribution in [2.24, 2.45) is 0 Å². The molecule has 0 saturated heterocycles. The number of nitrogens with one attached hydrogen (secondary N) is 2. The van der Waals surface area contributed by atoms with Crippen LogP contribution in [-0.2, 0) is 4.79 Å². The van der Waals surface area contributed by atoms with Crippen molar-refractivity contribution in [3.8, 4) is 11.3 Å². The smallest absolute Gasteiger partial charge is 0.278 e. The molecule has 27 heavy (non-hydrogen) atoms. The number of thioether (sulfide) groups is 1. The number of rotatable bonds is 5. The van der Waals surface area contributed by atoms with E-state index in [1.807, 2.05) is 6.07 Å². The summed E-state index contributed by atoms with van der Waals surface area (Å²) in [7, 11) is 0. The van der Waals surface area contributed by atoms with E-state index in [1.165, 1.54) is 0 Å². The fourth-order valence-corrected chi connectivity index (χ4v) is 2.95. The van der Waals surface area contributed by atoms with Crippen LogP contribution in [0.3, 0.4) is 0 Å². The molecule has 0 aliphatic rings. The molecule has 1 heterocycles. The lowest BCUT2D eigenvalue weighted by molar-refractivity contribution is -0.115. The molecule has 0 aliphatic heterocycles. The predicted octanol–water partition coefficient (Wildman–Crippen LogP) is 3.23. The number of halogens is 2. The normalized spacial score (nSPS) is 11.8. The third-order valence-corrected chi connectivity index (χ3v) is 4.54. The molecule has 0 radical (unpaired) electrons. The third kappa shape index (κ3) is 4.56. The van der Waals surface area contributed by atoms with Crippen molar-refractivity contribution >= 4 is 23.4 Å². The topological polar surface area (TPSA) is 87.7 Å². The number of aromatic nitrogens is 3. The van der Waals surface area contributed by atoms with Crippen LogP contribution in [0.15, 0.2) is 58.5 Å². The number of amides is 1. The van der Waals surface area contributed by atoms with E-state index in [4.69, 9.17) is 0 Å². The maximum Gasteiger partial charge on any atom is 0.278 e. The summed E-state index contributed by atoms with van der Waals surface area (Å²) in [5, 5.41) is 9.66. The molecular weight excluding hydrogens is 374 g/mol. The largest absolute Gasteiger partial charge is 0.323 e. The van der Waals surface area contributed by atoms with Crippen molar-refractivity contribution in [1.82, 2.24) is 15.2 Å². The molecule has 3 aromatic rings. The monoisotopic (exact) mass is 388 g/mol. The Morgan fingerprint density at radius 3 is 2.56 bits per heavy atom. The summed E-state index contributed by atoms with van der Waals surface area (Å²) in [4.78, 5) is 27.0. The SMILES string of the molecule is CC(Sc1nnc(-c2ccccc2)c(=O)[nH]1)C(=O)Nc1ccc(F)cc1F.